The fraction of sp³-hybridized carbons (Fsp3) is 0.0833. The quantitative estimate of drug-likeness (QED) is 0.308. The van der Waals surface area contributed by atoms with E-state index >= 15 is 0 Å². The zero-order valence-electron chi connectivity index (χ0n) is 16.8. The largest absolute Gasteiger partial charge is 0.508 e. The van der Waals surface area contributed by atoms with Crippen molar-refractivity contribution in [3.63, 3.8) is 0 Å². The summed E-state index contributed by atoms with van der Waals surface area (Å²) in [5, 5.41) is 31.4. The fourth-order valence-corrected chi connectivity index (χ4v) is 3.89. The monoisotopic (exact) mass is 451 g/mol. The Kier molecular flexibility index (Phi) is 5.50. The summed E-state index contributed by atoms with van der Waals surface area (Å²) >= 11 is 6.27. The second kappa shape index (κ2) is 8.28. The lowest BCUT2D eigenvalue weighted by molar-refractivity contribution is -0.132. The van der Waals surface area contributed by atoms with Crippen molar-refractivity contribution < 1.29 is 29.6 Å². The number of phenols is 2. The van der Waals surface area contributed by atoms with Crippen molar-refractivity contribution in [1.82, 2.24) is 0 Å². The topological polar surface area (TPSA) is 107 Å². The summed E-state index contributed by atoms with van der Waals surface area (Å²) < 4.78 is 5.19. The van der Waals surface area contributed by atoms with E-state index in [0.29, 0.717) is 11.3 Å². The molecule has 3 aromatic rings. The number of amides is 1. The lowest BCUT2D eigenvalue weighted by Crippen LogP contribution is -2.29. The number of aliphatic hydroxyl groups is 1. The van der Waals surface area contributed by atoms with Crippen molar-refractivity contribution in [2.45, 2.75) is 6.04 Å². The smallest absolute Gasteiger partial charge is 0.300 e. The molecule has 3 aromatic carbocycles. The van der Waals surface area contributed by atoms with Crippen molar-refractivity contribution in [1.29, 1.82) is 0 Å². The van der Waals surface area contributed by atoms with Crippen LogP contribution in [0.4, 0.5) is 5.69 Å². The molecule has 0 bridgehead atoms. The van der Waals surface area contributed by atoms with Crippen LogP contribution in [0, 0.1) is 0 Å². The third-order valence-corrected chi connectivity index (χ3v) is 5.55. The molecule has 0 aliphatic carbocycles. The van der Waals surface area contributed by atoms with Crippen molar-refractivity contribution >= 4 is 34.7 Å². The summed E-state index contributed by atoms with van der Waals surface area (Å²) in [6, 6.07) is 15.4. The van der Waals surface area contributed by atoms with E-state index in [0.717, 1.165) is 4.90 Å². The highest BCUT2D eigenvalue weighted by molar-refractivity contribution is 6.52. The van der Waals surface area contributed by atoms with Crippen LogP contribution in [0.25, 0.3) is 5.76 Å². The molecule has 1 unspecified atom stereocenters. The molecule has 4 rings (SSSR count). The Bertz CT molecular complexity index is 1250. The van der Waals surface area contributed by atoms with Gasteiger partial charge in [-0.15, -0.1) is 0 Å². The summed E-state index contributed by atoms with van der Waals surface area (Å²) in [4.78, 5) is 27.3. The van der Waals surface area contributed by atoms with Gasteiger partial charge in [0.25, 0.3) is 11.7 Å². The van der Waals surface area contributed by atoms with Crippen molar-refractivity contribution in [3.8, 4) is 17.2 Å². The second-order valence-corrected chi connectivity index (χ2v) is 7.50. The van der Waals surface area contributed by atoms with Gasteiger partial charge in [-0.3, -0.25) is 14.5 Å². The van der Waals surface area contributed by atoms with Crippen LogP contribution in [-0.2, 0) is 9.59 Å². The molecule has 3 N–H and O–H groups in total. The lowest BCUT2D eigenvalue weighted by atomic mass is 9.95. The minimum absolute atomic E-state index is 0.0101. The predicted molar refractivity (Wildman–Crippen MR) is 119 cm³/mol. The molecule has 1 amide bonds. The van der Waals surface area contributed by atoms with Gasteiger partial charge in [-0.05, 0) is 48.0 Å². The zero-order valence-corrected chi connectivity index (χ0v) is 17.6. The molecule has 0 saturated carbocycles. The van der Waals surface area contributed by atoms with Crippen LogP contribution >= 0.6 is 11.6 Å². The Morgan fingerprint density at radius 3 is 2.34 bits per heavy atom. The van der Waals surface area contributed by atoms with Crippen molar-refractivity contribution in [2.75, 3.05) is 12.0 Å². The molecule has 1 fully saturated rings. The molecule has 0 aromatic heterocycles. The molecule has 1 saturated heterocycles. The van der Waals surface area contributed by atoms with E-state index < -0.39 is 23.5 Å². The lowest BCUT2D eigenvalue weighted by Gasteiger charge is -2.26. The number of hydrogen-bond donors (Lipinski definition) is 3. The molecular weight excluding hydrogens is 434 g/mol. The number of nitrogens with zero attached hydrogens (tertiary/aromatic N) is 1. The first-order chi connectivity index (χ1) is 15.3. The van der Waals surface area contributed by atoms with Gasteiger partial charge < -0.3 is 20.1 Å². The Morgan fingerprint density at radius 1 is 1.00 bits per heavy atom. The first-order valence-corrected chi connectivity index (χ1v) is 9.93. The Hall–Kier alpha value is -3.97. The molecule has 1 aliphatic rings. The highest BCUT2D eigenvalue weighted by Crippen LogP contribution is 2.45. The van der Waals surface area contributed by atoms with Gasteiger partial charge in [0.15, 0.2) is 0 Å². The zero-order chi connectivity index (χ0) is 23.0. The third kappa shape index (κ3) is 3.52. The van der Waals surface area contributed by atoms with Crippen LogP contribution in [0.1, 0.15) is 17.2 Å². The van der Waals surface area contributed by atoms with E-state index in [1.165, 1.54) is 55.6 Å². The fourth-order valence-electron chi connectivity index (χ4n) is 3.68. The average Bonchev–Trinajstić information content (AvgIpc) is 3.05. The number of para-hydroxylation sites is 2. The molecule has 8 heteroatoms. The number of rotatable bonds is 4. The van der Waals surface area contributed by atoms with E-state index in [2.05, 4.69) is 0 Å². The predicted octanol–water partition coefficient (Wildman–Crippen LogP) is 4.39. The van der Waals surface area contributed by atoms with Crippen molar-refractivity contribution in [3.05, 3.63) is 88.5 Å². The van der Waals surface area contributed by atoms with E-state index in [-0.39, 0.29) is 33.3 Å². The van der Waals surface area contributed by atoms with Crippen LogP contribution < -0.4 is 9.64 Å². The van der Waals surface area contributed by atoms with Gasteiger partial charge in [0.05, 0.1) is 29.4 Å². The standard InChI is InChI=1S/C24H18ClNO6/c1-32-15-10-11-17(25)16(12-15)22(29)20-21(13-6-8-14(27)9-7-13)26(24(31)23(20)30)18-4-2-3-5-19(18)28/h2-12,21,27-29H,1H3/b22-20+. The number of ketones is 1. The number of carbonyl (C=O) groups is 2. The first-order valence-electron chi connectivity index (χ1n) is 9.55. The minimum Gasteiger partial charge on any atom is -0.508 e. The number of carbonyl (C=O) groups excluding carboxylic acids is 2. The molecule has 1 heterocycles. The highest BCUT2D eigenvalue weighted by Gasteiger charge is 2.47. The van der Waals surface area contributed by atoms with Crippen LogP contribution in [0.2, 0.25) is 5.02 Å². The van der Waals surface area contributed by atoms with Gasteiger partial charge >= 0.3 is 0 Å². The maximum atomic E-state index is 13.1. The van der Waals surface area contributed by atoms with Gasteiger partial charge in [-0.2, -0.15) is 0 Å². The highest BCUT2D eigenvalue weighted by atomic mass is 35.5. The van der Waals surface area contributed by atoms with Gasteiger partial charge in [0.2, 0.25) is 0 Å². The van der Waals surface area contributed by atoms with E-state index in [9.17, 15) is 24.9 Å². The number of methoxy groups -OCH3 is 1. The minimum atomic E-state index is -1.08. The van der Waals surface area contributed by atoms with Crippen LogP contribution in [0.15, 0.2) is 72.3 Å². The van der Waals surface area contributed by atoms with Crippen LogP contribution in [0.5, 0.6) is 17.2 Å². The molecule has 1 aliphatic heterocycles. The summed E-state index contributed by atoms with van der Waals surface area (Å²) in [5.74, 6) is -2.18. The summed E-state index contributed by atoms with van der Waals surface area (Å²) in [7, 11) is 1.45. The molecule has 32 heavy (non-hydrogen) atoms. The van der Waals surface area contributed by atoms with Gasteiger partial charge in [0, 0.05) is 5.56 Å². The van der Waals surface area contributed by atoms with E-state index in [1.54, 1.807) is 18.2 Å². The average molecular weight is 452 g/mol. The number of benzene rings is 3. The van der Waals surface area contributed by atoms with Gasteiger partial charge in [-0.25, -0.2) is 0 Å². The Labute approximate surface area is 188 Å². The number of hydrogen-bond acceptors (Lipinski definition) is 6. The number of Topliss-reactive ketones (excluding diaryl/α,β-unsaturated/α-hetero) is 1. The number of aliphatic hydroxyl groups excluding tert-OH is 1. The maximum Gasteiger partial charge on any atom is 0.300 e. The summed E-state index contributed by atoms with van der Waals surface area (Å²) in [5.41, 5.74) is 0.443. The van der Waals surface area contributed by atoms with Gasteiger partial charge in [-0.1, -0.05) is 35.9 Å². The number of halogens is 1. The molecular formula is C24H18ClNO6. The Balaban J connectivity index is 1.99. The SMILES string of the molecule is COc1ccc(Cl)c(/C(O)=C2\C(=O)C(=O)N(c3ccccc3O)C2c2ccc(O)cc2)c1. The van der Waals surface area contributed by atoms with Crippen molar-refractivity contribution in [2.24, 2.45) is 0 Å². The first kappa shape index (κ1) is 21.3. The number of phenolic OH excluding ortho intramolecular Hbond substituents is 2. The van der Waals surface area contributed by atoms with Gasteiger partial charge in [0.1, 0.15) is 23.0 Å². The molecule has 7 nitrogen and oxygen atoms in total. The third-order valence-electron chi connectivity index (χ3n) is 5.22. The molecule has 162 valence electrons. The summed E-state index contributed by atoms with van der Waals surface area (Å²) in [6.45, 7) is 0. The number of anilines is 1. The van der Waals surface area contributed by atoms with E-state index in [1.807, 2.05) is 0 Å². The van der Waals surface area contributed by atoms with Crippen LogP contribution in [0.3, 0.4) is 0 Å². The maximum absolute atomic E-state index is 13.1. The number of ether oxygens (including phenoxy) is 1. The van der Waals surface area contributed by atoms with Crippen LogP contribution in [-0.4, -0.2) is 34.1 Å². The molecule has 1 atom stereocenters. The number of aromatic hydroxyl groups is 2. The Morgan fingerprint density at radius 2 is 1.69 bits per heavy atom. The molecule has 0 radical (unpaired) electrons. The van der Waals surface area contributed by atoms with E-state index in [4.69, 9.17) is 16.3 Å². The molecule has 0 spiro atoms. The second-order valence-electron chi connectivity index (χ2n) is 7.10. The normalized spacial score (nSPS) is 17.6. The summed E-state index contributed by atoms with van der Waals surface area (Å²) in [6.07, 6.45) is 0.